The van der Waals surface area contributed by atoms with E-state index in [2.05, 4.69) is 0 Å². The van der Waals surface area contributed by atoms with Crippen LogP contribution in [0.5, 0.6) is 0 Å². The lowest BCUT2D eigenvalue weighted by molar-refractivity contribution is -0.123. The third-order valence-corrected chi connectivity index (χ3v) is 3.80. The Hall–Kier alpha value is -1.38. The Morgan fingerprint density at radius 3 is 2.71 bits per heavy atom. The number of hydrogen-bond acceptors (Lipinski definition) is 2. The van der Waals surface area contributed by atoms with Crippen LogP contribution < -0.4 is 4.90 Å². The maximum absolute atomic E-state index is 13.9. The van der Waals surface area contributed by atoms with Gasteiger partial charge in [0.1, 0.15) is 11.6 Å². The first-order valence-electron chi connectivity index (χ1n) is 6.07. The number of anilines is 1. The van der Waals surface area contributed by atoms with Crippen molar-refractivity contribution in [1.82, 2.24) is 0 Å². The molecule has 0 spiro atoms. The second kappa shape index (κ2) is 4.47. The van der Waals surface area contributed by atoms with Crippen LogP contribution in [0.4, 0.5) is 10.1 Å². The number of carbonyl (C=O) groups is 1. The zero-order valence-electron chi connectivity index (χ0n) is 10.5. The molecule has 2 nitrogen and oxygen atoms in total. The molecule has 1 aliphatic heterocycles. The largest absolute Gasteiger partial charge is 0.365 e. The van der Waals surface area contributed by atoms with Crippen LogP contribution in [-0.4, -0.2) is 18.4 Å². The van der Waals surface area contributed by atoms with Gasteiger partial charge in [-0.05, 0) is 25.5 Å². The number of nitrogens with zero attached hydrogens (tertiary/aromatic N) is 1. The van der Waals surface area contributed by atoms with E-state index in [0.717, 1.165) is 5.56 Å². The van der Waals surface area contributed by atoms with Gasteiger partial charge in [0.05, 0.1) is 5.69 Å². The summed E-state index contributed by atoms with van der Waals surface area (Å²) in [7, 11) is 0. The van der Waals surface area contributed by atoms with Crippen LogP contribution in [0.3, 0.4) is 0 Å². The molecule has 1 aromatic carbocycles. The fourth-order valence-corrected chi connectivity index (χ4v) is 2.50. The molecule has 17 heavy (non-hydrogen) atoms. The van der Waals surface area contributed by atoms with Gasteiger partial charge >= 0.3 is 0 Å². The molecule has 1 aromatic rings. The Morgan fingerprint density at radius 2 is 2.06 bits per heavy atom. The predicted octanol–water partition coefficient (Wildman–Crippen LogP) is 2.94. The van der Waals surface area contributed by atoms with Crippen molar-refractivity contribution in [2.24, 2.45) is 5.92 Å². The molecule has 1 aliphatic rings. The molecule has 92 valence electrons. The molecule has 0 N–H and O–H groups in total. The molecule has 0 amide bonds. The molecule has 1 saturated heterocycles. The van der Waals surface area contributed by atoms with Crippen molar-refractivity contribution >= 4 is 11.5 Å². The average Bonchev–Trinajstić information content (AvgIpc) is 2.29. The van der Waals surface area contributed by atoms with Gasteiger partial charge in [-0.3, -0.25) is 4.79 Å². The van der Waals surface area contributed by atoms with Gasteiger partial charge in [0, 0.05) is 24.9 Å². The number of carbonyl (C=O) groups excluding carboxylic acids is 1. The highest BCUT2D eigenvalue weighted by atomic mass is 19.1. The maximum atomic E-state index is 13.9. The maximum Gasteiger partial charge on any atom is 0.146 e. The molecule has 0 aliphatic carbocycles. The number of piperidine rings is 1. The minimum Gasteiger partial charge on any atom is -0.365 e. The lowest BCUT2D eigenvalue weighted by Gasteiger charge is -2.39. The van der Waals surface area contributed by atoms with Crippen LogP contribution in [0.15, 0.2) is 18.2 Å². The third kappa shape index (κ3) is 2.06. The highest BCUT2D eigenvalue weighted by molar-refractivity contribution is 5.84. The first-order valence-corrected chi connectivity index (χ1v) is 6.07. The van der Waals surface area contributed by atoms with Crippen LogP contribution in [0.1, 0.15) is 25.8 Å². The highest BCUT2D eigenvalue weighted by Crippen LogP contribution is 2.31. The summed E-state index contributed by atoms with van der Waals surface area (Å²) in [6.45, 7) is 6.45. The summed E-state index contributed by atoms with van der Waals surface area (Å²) in [6, 6.07) is 5.17. The van der Waals surface area contributed by atoms with E-state index < -0.39 is 0 Å². The number of para-hydroxylation sites is 1. The number of hydrogen-bond donors (Lipinski definition) is 0. The molecule has 2 unspecified atom stereocenters. The molecule has 0 aromatic heterocycles. The molecule has 2 atom stereocenters. The summed E-state index contributed by atoms with van der Waals surface area (Å²) in [5, 5.41) is 0. The minimum atomic E-state index is -0.196. The van der Waals surface area contributed by atoms with Gasteiger partial charge in [0.15, 0.2) is 0 Å². The van der Waals surface area contributed by atoms with E-state index >= 15 is 0 Å². The zero-order chi connectivity index (χ0) is 12.6. The average molecular weight is 235 g/mol. The van der Waals surface area contributed by atoms with E-state index in [-0.39, 0.29) is 23.6 Å². The Kier molecular flexibility index (Phi) is 3.18. The first kappa shape index (κ1) is 12.1. The number of ketones is 1. The van der Waals surface area contributed by atoms with Crippen molar-refractivity contribution < 1.29 is 9.18 Å². The quantitative estimate of drug-likeness (QED) is 0.746. The van der Waals surface area contributed by atoms with Gasteiger partial charge in [-0.15, -0.1) is 0 Å². The van der Waals surface area contributed by atoms with Crippen molar-refractivity contribution in [2.45, 2.75) is 33.2 Å². The minimum absolute atomic E-state index is 0.0252. The molecule has 1 fully saturated rings. The third-order valence-electron chi connectivity index (χ3n) is 3.80. The van der Waals surface area contributed by atoms with Crippen LogP contribution in [0.25, 0.3) is 0 Å². The standard InChI is InChI=1S/C14H18FNO/c1-9-5-4-6-12(15)14(9)16-8-7-13(17)10(2)11(16)3/h4-6,10-11H,7-8H2,1-3H3. The summed E-state index contributed by atoms with van der Waals surface area (Å²) < 4.78 is 13.9. The number of Topliss-reactive ketones (excluding diaryl/α,β-unsaturated/α-hetero) is 1. The van der Waals surface area contributed by atoms with Gasteiger partial charge in [-0.25, -0.2) is 4.39 Å². The van der Waals surface area contributed by atoms with Crippen LogP contribution >= 0.6 is 0 Å². The predicted molar refractivity (Wildman–Crippen MR) is 66.7 cm³/mol. The molecule has 0 radical (unpaired) electrons. The van der Waals surface area contributed by atoms with E-state index in [0.29, 0.717) is 18.7 Å². The summed E-state index contributed by atoms with van der Waals surface area (Å²) in [5.41, 5.74) is 1.58. The molecule has 0 saturated carbocycles. The van der Waals surface area contributed by atoms with Gasteiger partial charge in [-0.1, -0.05) is 19.1 Å². The molecule has 1 heterocycles. The lowest BCUT2D eigenvalue weighted by Crippen LogP contribution is -2.47. The van der Waals surface area contributed by atoms with E-state index in [4.69, 9.17) is 0 Å². The smallest absolute Gasteiger partial charge is 0.146 e. The van der Waals surface area contributed by atoms with E-state index in [1.165, 1.54) is 6.07 Å². The van der Waals surface area contributed by atoms with Crippen LogP contribution in [0.2, 0.25) is 0 Å². The Labute approximate surface area is 101 Å². The van der Waals surface area contributed by atoms with E-state index in [1.54, 1.807) is 6.07 Å². The Bertz CT molecular complexity index is 424. The number of halogens is 1. The first-order chi connectivity index (χ1) is 8.02. The Balaban J connectivity index is 2.37. The molecular formula is C14H18FNO. The van der Waals surface area contributed by atoms with Crippen molar-refractivity contribution in [1.29, 1.82) is 0 Å². The van der Waals surface area contributed by atoms with Gasteiger partial charge in [0.25, 0.3) is 0 Å². The van der Waals surface area contributed by atoms with E-state index in [9.17, 15) is 9.18 Å². The zero-order valence-corrected chi connectivity index (χ0v) is 10.5. The van der Waals surface area contributed by atoms with Gasteiger partial charge in [0.2, 0.25) is 0 Å². The Morgan fingerprint density at radius 1 is 1.35 bits per heavy atom. The molecule has 2 rings (SSSR count). The summed E-state index contributed by atoms with van der Waals surface area (Å²) >= 11 is 0. The van der Waals surface area contributed by atoms with E-state index in [1.807, 2.05) is 31.7 Å². The van der Waals surface area contributed by atoms with Crippen molar-refractivity contribution in [2.75, 3.05) is 11.4 Å². The number of aryl methyl sites for hydroxylation is 1. The molecular weight excluding hydrogens is 217 g/mol. The van der Waals surface area contributed by atoms with Crippen LogP contribution in [0, 0.1) is 18.7 Å². The molecule has 0 bridgehead atoms. The summed E-state index contributed by atoms with van der Waals surface area (Å²) in [4.78, 5) is 13.7. The topological polar surface area (TPSA) is 20.3 Å². The molecule has 3 heteroatoms. The second-order valence-corrected chi connectivity index (χ2v) is 4.84. The van der Waals surface area contributed by atoms with Crippen molar-refractivity contribution in [3.63, 3.8) is 0 Å². The van der Waals surface area contributed by atoms with Crippen LogP contribution in [-0.2, 0) is 4.79 Å². The monoisotopic (exact) mass is 235 g/mol. The fraction of sp³-hybridized carbons (Fsp3) is 0.500. The van der Waals surface area contributed by atoms with Gasteiger partial charge < -0.3 is 4.90 Å². The SMILES string of the molecule is Cc1cccc(F)c1N1CCC(=O)C(C)C1C. The number of rotatable bonds is 1. The van der Waals surface area contributed by atoms with Crippen molar-refractivity contribution in [3.05, 3.63) is 29.6 Å². The highest BCUT2D eigenvalue weighted by Gasteiger charge is 2.32. The fourth-order valence-electron chi connectivity index (χ4n) is 2.50. The number of benzene rings is 1. The normalized spacial score (nSPS) is 25.2. The van der Waals surface area contributed by atoms with Crippen molar-refractivity contribution in [3.8, 4) is 0 Å². The van der Waals surface area contributed by atoms with Gasteiger partial charge in [-0.2, -0.15) is 0 Å². The summed E-state index contributed by atoms with van der Waals surface area (Å²) in [5.74, 6) is 0.0592. The summed E-state index contributed by atoms with van der Waals surface area (Å²) in [6.07, 6.45) is 0.513. The second-order valence-electron chi connectivity index (χ2n) is 4.84. The lowest BCUT2D eigenvalue weighted by atomic mass is 9.90.